The lowest BCUT2D eigenvalue weighted by Gasteiger charge is -2.32. The Bertz CT molecular complexity index is 1110. The average molecular weight is 514 g/mol. The van der Waals surface area contributed by atoms with Crippen molar-refractivity contribution in [2.24, 2.45) is 0 Å². The van der Waals surface area contributed by atoms with E-state index in [1.54, 1.807) is 33.8 Å². The van der Waals surface area contributed by atoms with E-state index in [1.807, 2.05) is 30.3 Å². The number of carbonyl (C=O) groups is 4. The molecule has 0 bridgehead atoms. The van der Waals surface area contributed by atoms with E-state index in [-0.39, 0.29) is 12.2 Å². The number of aromatic hydroxyl groups is 1. The van der Waals surface area contributed by atoms with Crippen molar-refractivity contribution in [2.45, 2.75) is 51.8 Å². The van der Waals surface area contributed by atoms with Gasteiger partial charge < -0.3 is 30.1 Å². The highest BCUT2D eigenvalue weighted by atomic mass is 16.6. The maximum Gasteiger partial charge on any atom is 0.408 e. The van der Waals surface area contributed by atoms with Gasteiger partial charge in [0.2, 0.25) is 11.8 Å². The zero-order valence-corrected chi connectivity index (χ0v) is 22.0. The van der Waals surface area contributed by atoms with E-state index in [1.165, 1.54) is 31.2 Å². The molecule has 0 radical (unpaired) electrons. The number of phenolic OH excluding ortho intramolecular Hbond substituents is 1. The van der Waals surface area contributed by atoms with Crippen LogP contribution in [0.5, 0.6) is 5.75 Å². The van der Waals surface area contributed by atoms with Gasteiger partial charge in [-0.05, 0) is 56.5 Å². The zero-order valence-electron chi connectivity index (χ0n) is 22.0. The molecule has 3 N–H and O–H groups in total. The normalized spacial score (nSPS) is 12.6. The predicted octanol–water partition coefficient (Wildman–Crippen LogP) is 2.63. The van der Waals surface area contributed by atoms with E-state index in [0.29, 0.717) is 11.1 Å². The van der Waals surface area contributed by atoms with Crippen LogP contribution in [0.25, 0.3) is 0 Å². The Morgan fingerprint density at radius 2 is 1.70 bits per heavy atom. The number of amides is 3. The number of rotatable bonds is 9. The minimum absolute atomic E-state index is 0.0278. The SMILES string of the molecule is COC(=O)CNC(=O)C(c1ccc(O)c(C)c1)N(C)C(=O)C(Cc1ccccc1)NC(=O)OC(C)(C)C. The van der Waals surface area contributed by atoms with E-state index >= 15 is 0 Å². The summed E-state index contributed by atoms with van der Waals surface area (Å²) in [5.41, 5.74) is 0.912. The van der Waals surface area contributed by atoms with E-state index in [0.717, 1.165) is 5.56 Å². The number of carbonyl (C=O) groups excluding carboxylic acids is 4. The Balaban J connectivity index is 2.41. The van der Waals surface area contributed by atoms with E-state index < -0.39 is 48.1 Å². The first kappa shape index (κ1) is 29.2. The lowest BCUT2D eigenvalue weighted by atomic mass is 9.99. The molecule has 37 heavy (non-hydrogen) atoms. The van der Waals surface area contributed by atoms with Gasteiger partial charge in [-0.3, -0.25) is 14.4 Å². The molecule has 0 spiro atoms. The first-order valence-electron chi connectivity index (χ1n) is 11.8. The number of aryl methyl sites for hydroxylation is 1. The van der Waals surface area contributed by atoms with Crippen LogP contribution in [0.1, 0.15) is 43.5 Å². The second-order valence-electron chi connectivity index (χ2n) is 9.58. The van der Waals surface area contributed by atoms with Crippen molar-refractivity contribution in [3.8, 4) is 5.75 Å². The number of nitrogens with one attached hydrogen (secondary N) is 2. The molecule has 10 nitrogen and oxygen atoms in total. The standard InChI is InChI=1S/C27H35N3O7/c1-17-14-19(12-13-21(17)31)23(24(33)28-16-22(32)36-6)30(5)25(34)20(15-18-10-8-7-9-11-18)29-26(35)37-27(2,3)4/h7-14,20,23,31H,15-16H2,1-6H3,(H,28,33)(H,29,35). The van der Waals surface area contributed by atoms with Crippen LogP contribution in [-0.4, -0.2) is 66.2 Å². The largest absolute Gasteiger partial charge is 0.508 e. The van der Waals surface area contributed by atoms with Gasteiger partial charge in [-0.1, -0.05) is 36.4 Å². The quantitative estimate of drug-likeness (QED) is 0.439. The van der Waals surface area contributed by atoms with Crippen LogP contribution in [0.3, 0.4) is 0 Å². The highest BCUT2D eigenvalue weighted by Crippen LogP contribution is 2.26. The summed E-state index contributed by atoms with van der Waals surface area (Å²) in [4.78, 5) is 52.4. The molecular formula is C27H35N3O7. The Hall–Kier alpha value is -4.08. The molecule has 3 amide bonds. The highest BCUT2D eigenvalue weighted by Gasteiger charge is 2.34. The molecular weight excluding hydrogens is 478 g/mol. The molecule has 0 aliphatic carbocycles. The predicted molar refractivity (Wildman–Crippen MR) is 137 cm³/mol. The summed E-state index contributed by atoms with van der Waals surface area (Å²) in [6.07, 6.45) is -0.628. The summed E-state index contributed by atoms with van der Waals surface area (Å²) in [6.45, 7) is 6.39. The van der Waals surface area contributed by atoms with Gasteiger partial charge in [0.15, 0.2) is 0 Å². The summed E-state index contributed by atoms with van der Waals surface area (Å²) >= 11 is 0. The number of benzene rings is 2. The maximum atomic E-state index is 13.7. The van der Waals surface area contributed by atoms with Crippen molar-refractivity contribution in [1.82, 2.24) is 15.5 Å². The number of hydrogen-bond donors (Lipinski definition) is 3. The Labute approximate surface area is 216 Å². The van der Waals surface area contributed by atoms with Gasteiger partial charge >= 0.3 is 12.1 Å². The molecule has 0 aliphatic heterocycles. The Kier molecular flexibility index (Phi) is 10.0. The minimum Gasteiger partial charge on any atom is -0.508 e. The Morgan fingerprint density at radius 3 is 2.27 bits per heavy atom. The first-order valence-corrected chi connectivity index (χ1v) is 11.8. The van der Waals surface area contributed by atoms with Crippen LogP contribution in [0.15, 0.2) is 48.5 Å². The third-order valence-electron chi connectivity index (χ3n) is 5.43. The summed E-state index contributed by atoms with van der Waals surface area (Å²) in [7, 11) is 2.63. The second-order valence-corrected chi connectivity index (χ2v) is 9.58. The molecule has 2 unspecified atom stereocenters. The Morgan fingerprint density at radius 1 is 1.05 bits per heavy atom. The van der Waals surface area contributed by atoms with Gasteiger partial charge in [0.05, 0.1) is 7.11 Å². The summed E-state index contributed by atoms with van der Waals surface area (Å²) < 4.78 is 9.94. The number of nitrogens with zero attached hydrogens (tertiary/aromatic N) is 1. The van der Waals surface area contributed by atoms with Gasteiger partial charge in [0, 0.05) is 13.5 Å². The van der Waals surface area contributed by atoms with Crippen molar-refractivity contribution in [3.63, 3.8) is 0 Å². The van der Waals surface area contributed by atoms with E-state index in [2.05, 4.69) is 15.4 Å². The fourth-order valence-corrected chi connectivity index (χ4v) is 3.60. The molecule has 0 saturated carbocycles. The van der Waals surface area contributed by atoms with Gasteiger partial charge in [0.1, 0.15) is 30.0 Å². The molecule has 0 saturated heterocycles. The summed E-state index contributed by atoms with van der Waals surface area (Å²) in [6, 6.07) is 11.4. The summed E-state index contributed by atoms with van der Waals surface area (Å²) in [5.74, 6) is -1.82. The van der Waals surface area contributed by atoms with E-state index in [4.69, 9.17) is 4.74 Å². The number of methoxy groups -OCH3 is 1. The number of esters is 1. The van der Waals surface area contributed by atoms with Crippen molar-refractivity contribution in [2.75, 3.05) is 20.7 Å². The van der Waals surface area contributed by atoms with Crippen molar-refractivity contribution in [3.05, 3.63) is 65.2 Å². The van der Waals surface area contributed by atoms with E-state index in [9.17, 15) is 24.3 Å². The van der Waals surface area contributed by atoms with Crippen LogP contribution < -0.4 is 10.6 Å². The molecule has 2 atom stereocenters. The highest BCUT2D eigenvalue weighted by molar-refractivity contribution is 5.93. The van der Waals surface area contributed by atoms with Gasteiger partial charge in [-0.2, -0.15) is 0 Å². The molecule has 2 aromatic rings. The smallest absolute Gasteiger partial charge is 0.408 e. The van der Waals surface area contributed by atoms with Crippen molar-refractivity contribution < 1.29 is 33.8 Å². The third kappa shape index (κ3) is 8.82. The number of likely N-dealkylation sites (N-methyl/N-ethyl adjacent to an activating group) is 1. The van der Waals surface area contributed by atoms with Crippen molar-refractivity contribution >= 4 is 23.9 Å². The third-order valence-corrected chi connectivity index (χ3v) is 5.43. The fourth-order valence-electron chi connectivity index (χ4n) is 3.60. The molecule has 0 heterocycles. The van der Waals surface area contributed by atoms with Crippen LogP contribution in [-0.2, 0) is 30.3 Å². The van der Waals surface area contributed by atoms with Gasteiger partial charge in [0.25, 0.3) is 0 Å². The van der Waals surface area contributed by atoms with Gasteiger partial charge in [-0.25, -0.2) is 4.79 Å². The number of phenols is 1. The zero-order chi connectivity index (χ0) is 27.8. The molecule has 0 aliphatic rings. The number of alkyl carbamates (subject to hydrolysis) is 1. The fraction of sp³-hybridized carbons (Fsp3) is 0.407. The molecule has 2 aromatic carbocycles. The molecule has 10 heteroatoms. The molecule has 2 rings (SSSR count). The molecule has 200 valence electrons. The maximum absolute atomic E-state index is 13.7. The van der Waals surface area contributed by atoms with Crippen molar-refractivity contribution in [1.29, 1.82) is 0 Å². The average Bonchev–Trinajstić information content (AvgIpc) is 2.83. The lowest BCUT2D eigenvalue weighted by molar-refractivity contribution is -0.143. The summed E-state index contributed by atoms with van der Waals surface area (Å²) in [5, 5.41) is 15.1. The van der Waals surface area contributed by atoms with Crippen LogP contribution in [0.2, 0.25) is 0 Å². The number of hydrogen-bond acceptors (Lipinski definition) is 7. The molecule has 0 fully saturated rings. The van der Waals surface area contributed by atoms with Crippen LogP contribution in [0.4, 0.5) is 4.79 Å². The monoisotopic (exact) mass is 513 g/mol. The van der Waals surface area contributed by atoms with Crippen LogP contribution in [0, 0.1) is 6.92 Å². The first-order chi connectivity index (χ1) is 17.3. The molecule has 0 aromatic heterocycles. The minimum atomic E-state index is -1.17. The second kappa shape index (κ2) is 12.8. The topological polar surface area (TPSA) is 134 Å². The number of ether oxygens (including phenoxy) is 2. The lowest BCUT2D eigenvalue weighted by Crippen LogP contribution is -2.52. The van der Waals surface area contributed by atoms with Crippen LogP contribution >= 0.6 is 0 Å². The van der Waals surface area contributed by atoms with Gasteiger partial charge in [-0.15, -0.1) is 0 Å².